The van der Waals surface area contributed by atoms with E-state index in [0.29, 0.717) is 18.8 Å². The van der Waals surface area contributed by atoms with E-state index >= 15 is 0 Å². The summed E-state index contributed by atoms with van der Waals surface area (Å²) in [5.41, 5.74) is 0.919. The molecule has 0 spiro atoms. The molecule has 2 unspecified atom stereocenters. The fraction of sp³-hybridized carbons (Fsp3) is 0.556. The average molecular weight is 287 g/mol. The van der Waals surface area contributed by atoms with Crippen LogP contribution >= 0.6 is 0 Å². The minimum Gasteiger partial charge on any atom is -0.296 e. The van der Waals surface area contributed by atoms with Crippen molar-refractivity contribution in [3.63, 3.8) is 0 Å². The molecule has 1 fully saturated rings. The lowest BCUT2D eigenvalue weighted by atomic mass is 9.66. The Morgan fingerprint density at radius 1 is 1.24 bits per heavy atom. The molecule has 3 heteroatoms. The van der Waals surface area contributed by atoms with E-state index in [2.05, 4.69) is 26.1 Å². The Balaban J connectivity index is 2.20. The quantitative estimate of drug-likeness (QED) is 0.844. The summed E-state index contributed by atoms with van der Waals surface area (Å²) in [7, 11) is 0. The van der Waals surface area contributed by atoms with Crippen LogP contribution in [0.2, 0.25) is 0 Å². The molecule has 1 aliphatic heterocycles. The van der Waals surface area contributed by atoms with Gasteiger partial charge in [-0.1, -0.05) is 57.5 Å². The summed E-state index contributed by atoms with van der Waals surface area (Å²) >= 11 is 0. The molecule has 1 aromatic rings. The van der Waals surface area contributed by atoms with E-state index in [1.54, 1.807) is 0 Å². The van der Waals surface area contributed by atoms with E-state index in [9.17, 15) is 9.59 Å². The molecule has 1 heterocycles. The summed E-state index contributed by atoms with van der Waals surface area (Å²) in [5, 5.41) is 2.51. The Bertz CT molecular complexity index is 509. The first-order valence-corrected chi connectivity index (χ1v) is 7.78. The van der Waals surface area contributed by atoms with Crippen molar-refractivity contribution in [2.45, 2.75) is 46.5 Å². The largest absolute Gasteiger partial charge is 0.296 e. The highest BCUT2D eigenvalue weighted by atomic mass is 16.2. The molecule has 114 valence electrons. The van der Waals surface area contributed by atoms with Gasteiger partial charge in [-0.25, -0.2) is 0 Å². The number of carbonyl (C=O) groups excluding carboxylic acids is 2. The second-order valence-corrected chi connectivity index (χ2v) is 6.92. The van der Waals surface area contributed by atoms with E-state index in [1.807, 2.05) is 30.3 Å². The van der Waals surface area contributed by atoms with Crippen LogP contribution in [-0.4, -0.2) is 11.8 Å². The van der Waals surface area contributed by atoms with Gasteiger partial charge in [-0.15, -0.1) is 0 Å². The van der Waals surface area contributed by atoms with Gasteiger partial charge in [0, 0.05) is 12.3 Å². The van der Waals surface area contributed by atoms with Crippen molar-refractivity contribution >= 4 is 11.8 Å². The maximum atomic E-state index is 12.3. The van der Waals surface area contributed by atoms with Gasteiger partial charge >= 0.3 is 0 Å². The molecule has 0 aliphatic carbocycles. The molecular weight excluding hydrogens is 262 g/mol. The number of amides is 2. The van der Waals surface area contributed by atoms with Crippen LogP contribution in [0.25, 0.3) is 0 Å². The van der Waals surface area contributed by atoms with Crippen LogP contribution in [0.3, 0.4) is 0 Å². The molecule has 1 N–H and O–H groups in total. The summed E-state index contributed by atoms with van der Waals surface area (Å²) in [6.45, 7) is 6.46. The highest BCUT2D eigenvalue weighted by Crippen LogP contribution is 2.41. The molecular formula is C18H25NO2. The van der Waals surface area contributed by atoms with Crippen molar-refractivity contribution in [3.8, 4) is 0 Å². The zero-order chi connectivity index (χ0) is 15.5. The third-order valence-corrected chi connectivity index (χ3v) is 4.56. The van der Waals surface area contributed by atoms with Gasteiger partial charge in [0.15, 0.2) is 0 Å². The van der Waals surface area contributed by atoms with Crippen molar-refractivity contribution in [1.82, 2.24) is 5.32 Å². The fourth-order valence-electron chi connectivity index (χ4n) is 3.15. The molecule has 1 aromatic carbocycles. The predicted octanol–water partition coefficient (Wildman–Crippen LogP) is 3.33. The predicted molar refractivity (Wildman–Crippen MR) is 83.6 cm³/mol. The maximum Gasteiger partial charge on any atom is 0.230 e. The van der Waals surface area contributed by atoms with Crippen LogP contribution in [0, 0.1) is 17.3 Å². The summed E-state index contributed by atoms with van der Waals surface area (Å²) < 4.78 is 0. The van der Waals surface area contributed by atoms with Crippen molar-refractivity contribution < 1.29 is 9.59 Å². The molecule has 0 aromatic heterocycles. The Morgan fingerprint density at radius 3 is 2.52 bits per heavy atom. The second kappa shape index (κ2) is 6.42. The van der Waals surface area contributed by atoms with Gasteiger partial charge < -0.3 is 0 Å². The first-order valence-electron chi connectivity index (χ1n) is 7.78. The lowest BCUT2D eigenvalue weighted by molar-refractivity contribution is -0.143. The summed E-state index contributed by atoms with van der Waals surface area (Å²) in [6.07, 6.45) is 3.11. The zero-order valence-corrected chi connectivity index (χ0v) is 13.2. The van der Waals surface area contributed by atoms with E-state index in [-0.39, 0.29) is 23.1 Å². The second-order valence-electron chi connectivity index (χ2n) is 6.92. The maximum absolute atomic E-state index is 12.3. The van der Waals surface area contributed by atoms with Crippen LogP contribution < -0.4 is 5.32 Å². The third-order valence-electron chi connectivity index (χ3n) is 4.56. The minimum atomic E-state index is -0.237. The standard InChI is InChI=1S/C18H25NO2/c1-13(2)9-10-18(3)12-16(20)19-17(21)15(18)11-14-7-5-4-6-8-14/h4-8,13,15H,9-12H2,1-3H3,(H,19,20,21). The highest BCUT2D eigenvalue weighted by molar-refractivity contribution is 5.99. The average Bonchev–Trinajstić information content (AvgIpc) is 2.42. The monoisotopic (exact) mass is 287 g/mol. The fourth-order valence-corrected chi connectivity index (χ4v) is 3.15. The lowest BCUT2D eigenvalue weighted by Gasteiger charge is -2.40. The number of hydrogen-bond acceptors (Lipinski definition) is 2. The summed E-state index contributed by atoms with van der Waals surface area (Å²) in [4.78, 5) is 24.1. The smallest absolute Gasteiger partial charge is 0.230 e. The Hall–Kier alpha value is -1.64. The zero-order valence-electron chi connectivity index (χ0n) is 13.2. The van der Waals surface area contributed by atoms with Gasteiger partial charge in [0.05, 0.1) is 0 Å². The number of imide groups is 1. The van der Waals surface area contributed by atoms with E-state index < -0.39 is 0 Å². The van der Waals surface area contributed by atoms with Crippen LogP contribution in [0.1, 0.15) is 45.6 Å². The Labute approximate surface area is 127 Å². The number of rotatable bonds is 5. The van der Waals surface area contributed by atoms with Crippen LogP contribution in [0.5, 0.6) is 0 Å². The lowest BCUT2D eigenvalue weighted by Crippen LogP contribution is -2.51. The highest BCUT2D eigenvalue weighted by Gasteiger charge is 2.44. The van der Waals surface area contributed by atoms with Gasteiger partial charge in [0.2, 0.25) is 11.8 Å². The molecule has 21 heavy (non-hydrogen) atoms. The van der Waals surface area contributed by atoms with Crippen LogP contribution in [0.4, 0.5) is 0 Å². The van der Waals surface area contributed by atoms with E-state index in [4.69, 9.17) is 0 Å². The molecule has 0 bridgehead atoms. The minimum absolute atomic E-state index is 0.110. The SMILES string of the molecule is CC(C)CCC1(C)CC(=O)NC(=O)C1Cc1ccccc1. The van der Waals surface area contributed by atoms with Crippen LogP contribution in [-0.2, 0) is 16.0 Å². The van der Waals surface area contributed by atoms with Gasteiger partial charge in [-0.2, -0.15) is 0 Å². The van der Waals surface area contributed by atoms with E-state index in [0.717, 1.165) is 18.4 Å². The molecule has 1 aliphatic rings. The third kappa shape index (κ3) is 3.93. The Kier molecular flexibility index (Phi) is 4.81. The van der Waals surface area contributed by atoms with E-state index in [1.165, 1.54) is 0 Å². The first-order chi connectivity index (χ1) is 9.90. The number of piperidine rings is 1. The number of benzene rings is 1. The molecule has 0 saturated carbocycles. The summed E-state index contributed by atoms with van der Waals surface area (Å²) in [6, 6.07) is 10.1. The normalized spacial score (nSPS) is 26.0. The molecule has 0 radical (unpaired) electrons. The Morgan fingerprint density at radius 2 is 1.90 bits per heavy atom. The number of hydrogen-bond donors (Lipinski definition) is 1. The molecule has 2 atom stereocenters. The van der Waals surface area contributed by atoms with Gasteiger partial charge in [0.25, 0.3) is 0 Å². The topological polar surface area (TPSA) is 46.2 Å². The van der Waals surface area contributed by atoms with Crippen molar-refractivity contribution in [1.29, 1.82) is 0 Å². The van der Waals surface area contributed by atoms with Gasteiger partial charge in [-0.05, 0) is 29.7 Å². The molecule has 2 rings (SSSR count). The van der Waals surface area contributed by atoms with Crippen molar-refractivity contribution in [2.24, 2.45) is 17.3 Å². The van der Waals surface area contributed by atoms with Gasteiger partial charge in [-0.3, -0.25) is 14.9 Å². The number of carbonyl (C=O) groups is 2. The van der Waals surface area contributed by atoms with Gasteiger partial charge in [0.1, 0.15) is 0 Å². The van der Waals surface area contributed by atoms with Crippen molar-refractivity contribution in [3.05, 3.63) is 35.9 Å². The summed E-state index contributed by atoms with van der Waals surface area (Å²) in [5.74, 6) is 0.215. The molecule has 1 saturated heterocycles. The molecule has 3 nitrogen and oxygen atoms in total. The van der Waals surface area contributed by atoms with Crippen molar-refractivity contribution in [2.75, 3.05) is 0 Å². The van der Waals surface area contributed by atoms with Crippen LogP contribution in [0.15, 0.2) is 30.3 Å². The number of nitrogens with one attached hydrogen (secondary N) is 1. The molecule has 2 amide bonds. The first kappa shape index (κ1) is 15.7.